The molecule has 4 nitrogen and oxygen atoms in total. The molecule has 0 radical (unpaired) electrons. The van der Waals surface area contributed by atoms with Gasteiger partial charge in [-0.1, -0.05) is 0 Å². The smallest absolute Gasteiger partial charge is 0.222 e. The summed E-state index contributed by atoms with van der Waals surface area (Å²) in [6.45, 7) is 4.22. The molecule has 88 valence electrons. The van der Waals surface area contributed by atoms with Gasteiger partial charge in [0, 0.05) is 19.3 Å². The van der Waals surface area contributed by atoms with E-state index in [9.17, 15) is 0 Å². The van der Waals surface area contributed by atoms with Crippen molar-refractivity contribution in [2.75, 3.05) is 26.7 Å². The first-order valence-electron chi connectivity index (χ1n) is 5.61. The van der Waals surface area contributed by atoms with Crippen LogP contribution in [0, 0.1) is 5.92 Å². The lowest BCUT2D eigenvalue weighted by molar-refractivity contribution is 0.275. The predicted octanol–water partition coefficient (Wildman–Crippen LogP) is 1.17. The Morgan fingerprint density at radius 3 is 3.19 bits per heavy atom. The second-order valence-electron chi connectivity index (χ2n) is 4.37. The molecule has 2 heterocycles. The Balaban J connectivity index is 1.84. The Kier molecular flexibility index (Phi) is 4.09. The van der Waals surface area contributed by atoms with Crippen molar-refractivity contribution in [2.45, 2.75) is 13.0 Å². The van der Waals surface area contributed by atoms with Gasteiger partial charge in [-0.05, 0) is 50.1 Å². The van der Waals surface area contributed by atoms with Crippen LogP contribution >= 0.6 is 11.6 Å². The van der Waals surface area contributed by atoms with E-state index >= 15 is 0 Å². The molecule has 0 spiro atoms. The zero-order valence-electron chi connectivity index (χ0n) is 9.49. The molecule has 0 saturated carbocycles. The van der Waals surface area contributed by atoms with Crippen molar-refractivity contribution in [1.29, 1.82) is 0 Å². The molecule has 1 aromatic rings. The molecule has 1 unspecified atom stereocenters. The highest BCUT2D eigenvalue weighted by atomic mass is 35.5. The number of rotatable bonds is 4. The van der Waals surface area contributed by atoms with Crippen LogP contribution in [0.25, 0.3) is 0 Å². The maximum Gasteiger partial charge on any atom is 0.222 e. The average molecular weight is 241 g/mol. The van der Waals surface area contributed by atoms with Crippen molar-refractivity contribution in [1.82, 2.24) is 20.2 Å². The van der Waals surface area contributed by atoms with Gasteiger partial charge in [0.25, 0.3) is 0 Å². The van der Waals surface area contributed by atoms with Crippen LogP contribution in [-0.2, 0) is 6.54 Å². The molecule has 0 aliphatic carbocycles. The number of nitrogens with zero attached hydrogens (tertiary/aromatic N) is 3. The zero-order valence-corrected chi connectivity index (χ0v) is 10.2. The van der Waals surface area contributed by atoms with Crippen LogP contribution in [0.1, 0.15) is 12.1 Å². The van der Waals surface area contributed by atoms with E-state index in [1.54, 1.807) is 6.20 Å². The van der Waals surface area contributed by atoms with Crippen LogP contribution in [0.15, 0.2) is 12.3 Å². The first-order chi connectivity index (χ1) is 7.74. The van der Waals surface area contributed by atoms with Crippen molar-refractivity contribution in [3.05, 3.63) is 23.2 Å². The third-order valence-corrected chi connectivity index (χ3v) is 3.03. The fourth-order valence-electron chi connectivity index (χ4n) is 2.11. The van der Waals surface area contributed by atoms with Crippen LogP contribution in [0.5, 0.6) is 0 Å². The molecule has 1 fully saturated rings. The van der Waals surface area contributed by atoms with Crippen molar-refractivity contribution in [2.24, 2.45) is 5.92 Å². The number of aromatic nitrogens is 2. The highest BCUT2D eigenvalue weighted by Gasteiger charge is 2.16. The number of nitrogens with one attached hydrogen (secondary N) is 1. The van der Waals surface area contributed by atoms with Crippen LogP contribution in [0.2, 0.25) is 5.28 Å². The van der Waals surface area contributed by atoms with Gasteiger partial charge in [0.2, 0.25) is 5.28 Å². The summed E-state index contributed by atoms with van der Waals surface area (Å²) >= 11 is 5.75. The lowest BCUT2D eigenvalue weighted by Gasteiger charge is -2.19. The first kappa shape index (κ1) is 11.8. The summed E-state index contributed by atoms with van der Waals surface area (Å²) in [5.41, 5.74) is 0.980. The van der Waals surface area contributed by atoms with Gasteiger partial charge in [-0.25, -0.2) is 9.97 Å². The Morgan fingerprint density at radius 2 is 2.50 bits per heavy atom. The lowest BCUT2D eigenvalue weighted by Crippen LogP contribution is -2.27. The van der Waals surface area contributed by atoms with Gasteiger partial charge < -0.3 is 10.2 Å². The third kappa shape index (κ3) is 3.40. The number of hydrogen-bond donors (Lipinski definition) is 1. The highest BCUT2D eigenvalue weighted by molar-refractivity contribution is 6.28. The topological polar surface area (TPSA) is 41.1 Å². The standard InChI is InChI=1S/C11H17ClN4/c1-16(7-9-2-4-13-6-9)8-10-3-5-14-11(12)15-10/h3,5,9,13H,2,4,6-8H2,1H3. The molecule has 0 bridgehead atoms. The predicted molar refractivity (Wildman–Crippen MR) is 64.4 cm³/mol. The van der Waals surface area contributed by atoms with Crippen LogP contribution in [0.3, 0.4) is 0 Å². The fourth-order valence-corrected chi connectivity index (χ4v) is 2.27. The van der Waals surface area contributed by atoms with E-state index in [-0.39, 0.29) is 0 Å². The van der Waals surface area contributed by atoms with E-state index in [4.69, 9.17) is 11.6 Å². The molecular formula is C11H17ClN4. The van der Waals surface area contributed by atoms with E-state index in [1.165, 1.54) is 6.42 Å². The number of halogens is 1. The Labute approximate surface area is 101 Å². The van der Waals surface area contributed by atoms with Gasteiger partial charge in [0.05, 0.1) is 5.69 Å². The highest BCUT2D eigenvalue weighted by Crippen LogP contribution is 2.10. The summed E-state index contributed by atoms with van der Waals surface area (Å²) in [6, 6.07) is 1.91. The first-order valence-corrected chi connectivity index (χ1v) is 5.98. The van der Waals surface area contributed by atoms with Gasteiger partial charge in [-0.15, -0.1) is 0 Å². The largest absolute Gasteiger partial charge is 0.316 e. The molecule has 0 aromatic carbocycles. The monoisotopic (exact) mass is 240 g/mol. The van der Waals surface area contributed by atoms with E-state index in [0.29, 0.717) is 5.28 Å². The minimum absolute atomic E-state index is 0.327. The Morgan fingerprint density at radius 1 is 1.62 bits per heavy atom. The maximum atomic E-state index is 5.75. The molecular weight excluding hydrogens is 224 g/mol. The van der Waals surface area contributed by atoms with Crippen LogP contribution < -0.4 is 5.32 Å². The van der Waals surface area contributed by atoms with Gasteiger partial charge in [-0.2, -0.15) is 0 Å². The van der Waals surface area contributed by atoms with Gasteiger partial charge in [-0.3, -0.25) is 0 Å². The second kappa shape index (κ2) is 5.57. The fraction of sp³-hybridized carbons (Fsp3) is 0.636. The third-order valence-electron chi connectivity index (χ3n) is 2.85. The Hall–Kier alpha value is -0.710. The minimum Gasteiger partial charge on any atom is -0.316 e. The lowest BCUT2D eigenvalue weighted by atomic mass is 10.1. The van der Waals surface area contributed by atoms with Gasteiger partial charge in [0.15, 0.2) is 0 Å². The Bertz CT molecular complexity index is 339. The molecule has 2 rings (SSSR count). The van der Waals surface area contributed by atoms with Crippen molar-refractivity contribution >= 4 is 11.6 Å². The molecule has 1 N–H and O–H groups in total. The van der Waals surface area contributed by atoms with Crippen LogP contribution in [-0.4, -0.2) is 41.5 Å². The van der Waals surface area contributed by atoms with Gasteiger partial charge in [0.1, 0.15) is 0 Å². The normalized spacial score (nSPS) is 20.6. The molecule has 5 heteroatoms. The average Bonchev–Trinajstić information content (AvgIpc) is 2.70. The van der Waals surface area contributed by atoms with Gasteiger partial charge >= 0.3 is 0 Å². The number of hydrogen-bond acceptors (Lipinski definition) is 4. The van der Waals surface area contributed by atoms with E-state index in [1.807, 2.05) is 6.07 Å². The van der Waals surface area contributed by atoms with E-state index in [0.717, 1.165) is 37.8 Å². The molecule has 16 heavy (non-hydrogen) atoms. The molecule has 1 aliphatic rings. The maximum absolute atomic E-state index is 5.75. The molecule has 1 aromatic heterocycles. The van der Waals surface area contributed by atoms with Crippen molar-refractivity contribution in [3.63, 3.8) is 0 Å². The quantitative estimate of drug-likeness (QED) is 0.803. The zero-order chi connectivity index (χ0) is 11.4. The summed E-state index contributed by atoms with van der Waals surface area (Å²) < 4.78 is 0. The summed E-state index contributed by atoms with van der Waals surface area (Å²) in [5.74, 6) is 0.766. The summed E-state index contributed by atoms with van der Waals surface area (Å²) in [7, 11) is 2.12. The van der Waals surface area contributed by atoms with Crippen molar-refractivity contribution in [3.8, 4) is 0 Å². The molecule has 1 atom stereocenters. The summed E-state index contributed by atoms with van der Waals surface area (Å²) in [6.07, 6.45) is 2.98. The second-order valence-corrected chi connectivity index (χ2v) is 4.71. The summed E-state index contributed by atoms with van der Waals surface area (Å²) in [4.78, 5) is 10.3. The summed E-state index contributed by atoms with van der Waals surface area (Å²) in [5, 5.41) is 3.70. The van der Waals surface area contributed by atoms with Crippen LogP contribution in [0.4, 0.5) is 0 Å². The molecule has 1 aliphatic heterocycles. The minimum atomic E-state index is 0.327. The van der Waals surface area contributed by atoms with E-state index in [2.05, 4.69) is 27.2 Å². The molecule has 0 amide bonds. The van der Waals surface area contributed by atoms with Crippen molar-refractivity contribution < 1.29 is 0 Å². The van der Waals surface area contributed by atoms with E-state index < -0.39 is 0 Å². The SMILES string of the molecule is CN(Cc1ccnc(Cl)n1)CC1CCNC1. The molecule has 1 saturated heterocycles.